The lowest BCUT2D eigenvalue weighted by Gasteiger charge is -2.07. The number of anilines is 4. The molecular weight excluding hydrogens is 348 g/mol. The zero-order chi connectivity index (χ0) is 18.1. The third-order valence-corrected chi connectivity index (χ3v) is 4.82. The number of thiazole rings is 1. The maximum Gasteiger partial charge on any atom is 0.221 e. The van der Waals surface area contributed by atoms with Crippen molar-refractivity contribution < 1.29 is 4.79 Å². The van der Waals surface area contributed by atoms with E-state index in [9.17, 15) is 4.79 Å². The molecule has 0 atom stereocenters. The molecule has 1 amide bonds. The van der Waals surface area contributed by atoms with Crippen LogP contribution >= 0.6 is 11.3 Å². The summed E-state index contributed by atoms with van der Waals surface area (Å²) < 4.78 is 1.09. The largest absolute Gasteiger partial charge is 0.383 e. The Hall–Kier alpha value is -3.39. The molecule has 130 valence electrons. The molecular formula is C18H16N6OS. The van der Waals surface area contributed by atoms with Gasteiger partial charge in [-0.2, -0.15) is 5.10 Å². The van der Waals surface area contributed by atoms with Gasteiger partial charge in [0.25, 0.3) is 0 Å². The second kappa shape index (κ2) is 6.49. The number of carbonyl (C=O) groups is 1. The predicted molar refractivity (Wildman–Crippen MR) is 106 cm³/mol. The Kier molecular flexibility index (Phi) is 4.02. The minimum atomic E-state index is -0.107. The molecule has 0 radical (unpaired) electrons. The molecule has 0 saturated heterocycles. The van der Waals surface area contributed by atoms with Crippen LogP contribution in [0.4, 0.5) is 23.0 Å². The highest BCUT2D eigenvalue weighted by Gasteiger charge is 2.17. The number of hydrogen-bond acceptors (Lipinski definition) is 6. The number of aromatic nitrogens is 3. The number of aromatic amines is 1. The molecule has 7 nitrogen and oxygen atoms in total. The SMILES string of the molecule is CC(=O)Nc1ccc(Nc2n[nH]c(N)c2-c2nc3ccccc3s2)cc1. The number of rotatable bonds is 4. The fourth-order valence-corrected chi connectivity index (χ4v) is 3.64. The van der Waals surface area contributed by atoms with Crippen molar-refractivity contribution in [3.8, 4) is 10.6 Å². The third kappa shape index (κ3) is 3.09. The van der Waals surface area contributed by atoms with Gasteiger partial charge in [-0.05, 0) is 36.4 Å². The third-order valence-electron chi connectivity index (χ3n) is 3.77. The number of nitrogens with zero attached hydrogens (tertiary/aromatic N) is 2. The quantitative estimate of drug-likeness (QED) is 0.438. The van der Waals surface area contributed by atoms with E-state index in [1.54, 1.807) is 11.3 Å². The van der Waals surface area contributed by atoms with Gasteiger partial charge in [0.1, 0.15) is 10.8 Å². The molecule has 4 aromatic rings. The van der Waals surface area contributed by atoms with Gasteiger partial charge in [-0.1, -0.05) is 12.1 Å². The average molecular weight is 364 g/mol. The first-order valence-corrected chi connectivity index (χ1v) is 8.76. The molecule has 0 aliphatic carbocycles. The number of nitrogens with two attached hydrogens (primary N) is 1. The highest BCUT2D eigenvalue weighted by molar-refractivity contribution is 7.21. The molecule has 5 N–H and O–H groups in total. The summed E-state index contributed by atoms with van der Waals surface area (Å²) in [5.41, 5.74) is 9.32. The van der Waals surface area contributed by atoms with Crippen LogP contribution < -0.4 is 16.4 Å². The van der Waals surface area contributed by atoms with Gasteiger partial charge in [-0.15, -0.1) is 11.3 Å². The molecule has 2 aromatic carbocycles. The number of fused-ring (bicyclic) bond motifs is 1. The first-order valence-electron chi connectivity index (χ1n) is 7.94. The number of hydrogen-bond donors (Lipinski definition) is 4. The molecule has 0 saturated carbocycles. The topological polar surface area (TPSA) is 109 Å². The summed E-state index contributed by atoms with van der Waals surface area (Å²) in [6, 6.07) is 15.3. The van der Waals surface area contributed by atoms with Gasteiger partial charge in [0.15, 0.2) is 5.82 Å². The molecule has 0 aliphatic heterocycles. The summed E-state index contributed by atoms with van der Waals surface area (Å²) in [5.74, 6) is 0.958. The first-order chi connectivity index (χ1) is 12.6. The summed E-state index contributed by atoms with van der Waals surface area (Å²) in [6.07, 6.45) is 0. The molecule has 26 heavy (non-hydrogen) atoms. The van der Waals surface area contributed by atoms with Gasteiger partial charge >= 0.3 is 0 Å². The van der Waals surface area contributed by atoms with Crippen molar-refractivity contribution in [2.45, 2.75) is 6.92 Å². The van der Waals surface area contributed by atoms with Crippen LogP contribution in [0.2, 0.25) is 0 Å². The second-order valence-corrected chi connectivity index (χ2v) is 6.76. The van der Waals surface area contributed by atoms with E-state index in [1.165, 1.54) is 6.92 Å². The van der Waals surface area contributed by atoms with Crippen LogP contribution in [0.1, 0.15) is 6.92 Å². The van der Waals surface area contributed by atoms with Crippen molar-refractivity contribution >= 4 is 50.5 Å². The predicted octanol–water partition coefficient (Wildman–Crippen LogP) is 3.97. The zero-order valence-corrected chi connectivity index (χ0v) is 14.7. The van der Waals surface area contributed by atoms with E-state index in [0.717, 1.165) is 32.2 Å². The summed E-state index contributed by atoms with van der Waals surface area (Å²) >= 11 is 1.56. The van der Waals surface area contributed by atoms with E-state index in [1.807, 2.05) is 48.5 Å². The van der Waals surface area contributed by atoms with Crippen LogP contribution in [0.5, 0.6) is 0 Å². The number of nitrogen functional groups attached to an aromatic ring is 1. The van der Waals surface area contributed by atoms with E-state index in [4.69, 9.17) is 5.73 Å². The fraction of sp³-hybridized carbons (Fsp3) is 0.0556. The molecule has 0 fully saturated rings. The van der Waals surface area contributed by atoms with Crippen LogP contribution in [0.3, 0.4) is 0 Å². The highest BCUT2D eigenvalue weighted by atomic mass is 32.1. The molecule has 4 rings (SSSR count). The lowest BCUT2D eigenvalue weighted by Crippen LogP contribution is -2.05. The Morgan fingerprint density at radius 2 is 1.85 bits per heavy atom. The minimum Gasteiger partial charge on any atom is -0.383 e. The zero-order valence-electron chi connectivity index (χ0n) is 13.9. The summed E-state index contributed by atoms with van der Waals surface area (Å²) in [7, 11) is 0. The van der Waals surface area contributed by atoms with Crippen molar-refractivity contribution in [2.24, 2.45) is 0 Å². The molecule has 0 bridgehead atoms. The van der Waals surface area contributed by atoms with E-state index in [0.29, 0.717) is 11.6 Å². The average Bonchev–Trinajstić information content (AvgIpc) is 3.19. The standard InChI is InChI=1S/C18H16N6OS/c1-10(25)20-11-6-8-12(9-7-11)21-17-15(16(19)23-24-17)18-22-13-4-2-3-5-14(13)26-18/h2-9H,1H3,(H,20,25)(H4,19,21,23,24). The number of amides is 1. The van der Waals surface area contributed by atoms with Crippen molar-refractivity contribution in [3.63, 3.8) is 0 Å². The molecule has 8 heteroatoms. The minimum absolute atomic E-state index is 0.107. The van der Waals surface area contributed by atoms with E-state index < -0.39 is 0 Å². The second-order valence-electron chi connectivity index (χ2n) is 5.73. The number of para-hydroxylation sites is 1. The lowest BCUT2D eigenvalue weighted by atomic mass is 10.2. The molecule has 2 aromatic heterocycles. The van der Waals surface area contributed by atoms with E-state index in [-0.39, 0.29) is 5.91 Å². The molecule has 2 heterocycles. The van der Waals surface area contributed by atoms with E-state index in [2.05, 4.69) is 25.8 Å². The Bertz CT molecular complexity index is 1050. The normalized spacial score (nSPS) is 10.8. The van der Waals surface area contributed by atoms with Gasteiger partial charge in [0.2, 0.25) is 5.91 Å². The van der Waals surface area contributed by atoms with Crippen LogP contribution in [0.15, 0.2) is 48.5 Å². The molecule has 0 unspecified atom stereocenters. The van der Waals surface area contributed by atoms with Crippen molar-refractivity contribution in [1.82, 2.24) is 15.2 Å². The lowest BCUT2D eigenvalue weighted by molar-refractivity contribution is -0.114. The van der Waals surface area contributed by atoms with E-state index >= 15 is 0 Å². The summed E-state index contributed by atoms with van der Waals surface area (Å²) in [6.45, 7) is 1.48. The number of carbonyl (C=O) groups excluding carboxylic acids is 1. The van der Waals surface area contributed by atoms with Gasteiger partial charge in [-0.3, -0.25) is 9.89 Å². The van der Waals surface area contributed by atoms with Crippen molar-refractivity contribution in [1.29, 1.82) is 0 Å². The van der Waals surface area contributed by atoms with Crippen molar-refractivity contribution in [2.75, 3.05) is 16.4 Å². The van der Waals surface area contributed by atoms with Crippen LogP contribution in [-0.2, 0) is 4.79 Å². The number of nitrogens with one attached hydrogen (secondary N) is 3. The fourth-order valence-electron chi connectivity index (χ4n) is 2.62. The maximum atomic E-state index is 11.1. The van der Waals surface area contributed by atoms with Crippen LogP contribution in [0, 0.1) is 0 Å². The smallest absolute Gasteiger partial charge is 0.221 e. The molecule has 0 aliphatic rings. The Morgan fingerprint density at radius 1 is 1.12 bits per heavy atom. The Morgan fingerprint density at radius 3 is 2.58 bits per heavy atom. The Balaban J connectivity index is 1.65. The van der Waals surface area contributed by atoms with Gasteiger partial charge in [0.05, 0.1) is 15.8 Å². The summed E-state index contributed by atoms with van der Waals surface area (Å²) in [4.78, 5) is 15.8. The van der Waals surface area contributed by atoms with Gasteiger partial charge in [0, 0.05) is 18.3 Å². The Labute approximate surface area is 153 Å². The summed E-state index contributed by atoms with van der Waals surface area (Å²) in [5, 5.41) is 13.9. The van der Waals surface area contributed by atoms with Crippen LogP contribution in [0.25, 0.3) is 20.8 Å². The van der Waals surface area contributed by atoms with Gasteiger partial charge < -0.3 is 16.4 Å². The monoisotopic (exact) mass is 364 g/mol. The highest BCUT2D eigenvalue weighted by Crippen LogP contribution is 2.38. The number of benzene rings is 2. The van der Waals surface area contributed by atoms with Crippen molar-refractivity contribution in [3.05, 3.63) is 48.5 Å². The van der Waals surface area contributed by atoms with Gasteiger partial charge in [-0.25, -0.2) is 4.98 Å². The van der Waals surface area contributed by atoms with Crippen LogP contribution in [-0.4, -0.2) is 21.1 Å². The number of H-pyrrole nitrogens is 1. The molecule has 0 spiro atoms. The first kappa shape index (κ1) is 16.1. The maximum absolute atomic E-state index is 11.1.